The lowest BCUT2D eigenvalue weighted by Gasteiger charge is -2.39. The first kappa shape index (κ1) is 24.2. The first-order chi connectivity index (χ1) is 16.3. The summed E-state index contributed by atoms with van der Waals surface area (Å²) in [5, 5.41) is 0. The minimum Gasteiger partial charge on any atom is -0.378 e. The van der Waals surface area contributed by atoms with Crippen molar-refractivity contribution < 1.29 is 4.74 Å². The van der Waals surface area contributed by atoms with Crippen molar-refractivity contribution >= 4 is 16.9 Å². The van der Waals surface area contributed by atoms with Crippen molar-refractivity contribution in [1.82, 2.24) is 14.5 Å². The number of nitrogens with zero attached hydrogens (tertiary/aromatic N) is 4. The lowest BCUT2D eigenvalue weighted by atomic mass is 9.93. The SMILES string of the molecule is CC.O=c1c(N2CCOCC2)nc2ccccc2n1C1CCN(C2CCCCCCC2)CC1. The molecule has 1 aromatic heterocycles. The molecule has 3 heterocycles. The van der Waals surface area contributed by atoms with Crippen LogP contribution in [0.25, 0.3) is 11.0 Å². The second-order valence-corrected chi connectivity index (χ2v) is 9.46. The fraction of sp³-hybridized carbons (Fsp3) is 0.704. The number of aromatic nitrogens is 2. The molecule has 182 valence electrons. The van der Waals surface area contributed by atoms with Gasteiger partial charge < -0.3 is 19.1 Å². The number of ether oxygens (including phenoxy) is 1. The highest BCUT2D eigenvalue weighted by atomic mass is 16.5. The quantitative estimate of drug-likeness (QED) is 0.653. The Balaban J connectivity index is 0.00000126. The Labute approximate surface area is 198 Å². The summed E-state index contributed by atoms with van der Waals surface area (Å²) in [5.41, 5.74) is 1.98. The average molecular weight is 455 g/mol. The van der Waals surface area contributed by atoms with Crippen LogP contribution in [0.2, 0.25) is 0 Å². The van der Waals surface area contributed by atoms with Gasteiger partial charge in [0, 0.05) is 38.3 Å². The van der Waals surface area contributed by atoms with Crippen molar-refractivity contribution in [2.45, 2.75) is 83.7 Å². The number of benzene rings is 1. The van der Waals surface area contributed by atoms with Crippen LogP contribution in [0, 0.1) is 0 Å². The first-order valence-electron chi connectivity index (χ1n) is 13.4. The molecule has 3 aliphatic rings. The smallest absolute Gasteiger partial charge is 0.294 e. The number of likely N-dealkylation sites (tertiary alicyclic amines) is 1. The van der Waals surface area contributed by atoms with E-state index in [1.807, 2.05) is 32.0 Å². The predicted octanol–water partition coefficient (Wildman–Crippen LogP) is 5.01. The van der Waals surface area contributed by atoms with E-state index in [9.17, 15) is 4.79 Å². The molecule has 5 rings (SSSR count). The molecule has 0 bridgehead atoms. The van der Waals surface area contributed by atoms with Crippen molar-refractivity contribution in [3.8, 4) is 0 Å². The Morgan fingerprint density at radius 1 is 0.818 bits per heavy atom. The third-order valence-electron chi connectivity index (χ3n) is 7.54. The van der Waals surface area contributed by atoms with E-state index in [1.165, 1.54) is 44.9 Å². The Morgan fingerprint density at radius 3 is 2.15 bits per heavy atom. The molecular weight excluding hydrogens is 412 g/mol. The monoisotopic (exact) mass is 454 g/mol. The van der Waals surface area contributed by atoms with Crippen LogP contribution in [0.15, 0.2) is 29.1 Å². The van der Waals surface area contributed by atoms with E-state index in [-0.39, 0.29) is 11.6 Å². The maximum absolute atomic E-state index is 13.7. The van der Waals surface area contributed by atoms with Gasteiger partial charge in [0.25, 0.3) is 5.56 Å². The van der Waals surface area contributed by atoms with Gasteiger partial charge in [-0.25, -0.2) is 4.98 Å². The van der Waals surface area contributed by atoms with Crippen LogP contribution < -0.4 is 10.5 Å². The minimum absolute atomic E-state index is 0.0741. The van der Waals surface area contributed by atoms with E-state index in [4.69, 9.17) is 9.72 Å². The van der Waals surface area contributed by atoms with Crippen molar-refractivity contribution in [2.24, 2.45) is 0 Å². The summed E-state index contributed by atoms with van der Waals surface area (Å²) in [6.45, 7) is 9.00. The van der Waals surface area contributed by atoms with Crippen LogP contribution >= 0.6 is 0 Å². The van der Waals surface area contributed by atoms with Crippen molar-refractivity contribution in [1.29, 1.82) is 0 Å². The fourth-order valence-corrected chi connectivity index (χ4v) is 5.79. The number of rotatable bonds is 3. The van der Waals surface area contributed by atoms with Crippen molar-refractivity contribution in [3.63, 3.8) is 0 Å². The second kappa shape index (κ2) is 12.0. The highest BCUT2D eigenvalue weighted by Crippen LogP contribution is 2.30. The maximum atomic E-state index is 13.7. The molecule has 2 aromatic rings. The van der Waals surface area contributed by atoms with Gasteiger partial charge in [0.2, 0.25) is 0 Å². The molecule has 0 amide bonds. The van der Waals surface area contributed by atoms with Gasteiger partial charge in [0.15, 0.2) is 5.82 Å². The van der Waals surface area contributed by atoms with Crippen LogP contribution in [0.1, 0.15) is 77.7 Å². The standard InChI is InChI=1S/C25H36N4O2.C2H6/c30-25-24(28-16-18-31-19-17-28)26-22-10-6-7-11-23(22)29(25)21-12-14-27(15-13-21)20-8-4-2-1-3-5-9-20;1-2/h6-7,10-11,20-21H,1-5,8-9,12-19H2;1-2H3. The van der Waals surface area contributed by atoms with Gasteiger partial charge in [-0.05, 0) is 37.8 Å². The van der Waals surface area contributed by atoms with Crippen LogP contribution in [0.3, 0.4) is 0 Å². The molecule has 2 aliphatic heterocycles. The number of hydrogen-bond donors (Lipinski definition) is 0. The Kier molecular flexibility index (Phi) is 8.79. The van der Waals surface area contributed by atoms with Gasteiger partial charge in [0.1, 0.15) is 0 Å². The number of piperidine rings is 1. The van der Waals surface area contributed by atoms with Gasteiger partial charge in [-0.3, -0.25) is 4.79 Å². The van der Waals surface area contributed by atoms with Gasteiger partial charge in [-0.1, -0.05) is 58.1 Å². The molecule has 0 spiro atoms. The summed E-state index contributed by atoms with van der Waals surface area (Å²) in [4.78, 5) is 23.3. The van der Waals surface area contributed by atoms with Gasteiger partial charge in [0.05, 0.1) is 24.2 Å². The van der Waals surface area contributed by atoms with Crippen LogP contribution in [0.5, 0.6) is 0 Å². The third kappa shape index (κ3) is 5.60. The van der Waals surface area contributed by atoms with E-state index < -0.39 is 0 Å². The van der Waals surface area contributed by atoms with E-state index in [0.717, 1.165) is 56.1 Å². The van der Waals surface area contributed by atoms with E-state index in [1.54, 1.807) is 0 Å². The number of morpholine rings is 1. The molecule has 3 fully saturated rings. The molecule has 0 N–H and O–H groups in total. The zero-order valence-corrected chi connectivity index (χ0v) is 20.7. The summed E-state index contributed by atoms with van der Waals surface area (Å²) < 4.78 is 7.57. The molecule has 2 saturated heterocycles. The normalized spacial score (nSPS) is 21.8. The number of para-hydroxylation sites is 2. The zero-order valence-electron chi connectivity index (χ0n) is 20.7. The Bertz CT molecular complexity index is 921. The fourth-order valence-electron chi connectivity index (χ4n) is 5.79. The maximum Gasteiger partial charge on any atom is 0.294 e. The molecule has 1 saturated carbocycles. The second-order valence-electron chi connectivity index (χ2n) is 9.46. The Morgan fingerprint density at radius 2 is 1.45 bits per heavy atom. The summed E-state index contributed by atoms with van der Waals surface area (Å²) in [6, 6.07) is 9.15. The molecular formula is C27H42N4O2. The van der Waals surface area contributed by atoms with Crippen LogP contribution in [-0.4, -0.2) is 59.9 Å². The molecule has 1 aliphatic carbocycles. The summed E-state index contributed by atoms with van der Waals surface area (Å²) in [7, 11) is 0. The molecule has 0 unspecified atom stereocenters. The lowest BCUT2D eigenvalue weighted by molar-refractivity contribution is 0.115. The average Bonchev–Trinajstić information content (AvgIpc) is 2.86. The topological polar surface area (TPSA) is 50.6 Å². The highest BCUT2D eigenvalue weighted by Gasteiger charge is 2.29. The molecule has 33 heavy (non-hydrogen) atoms. The minimum atomic E-state index is 0.0741. The first-order valence-corrected chi connectivity index (χ1v) is 13.4. The number of fused-ring (bicyclic) bond motifs is 1. The number of anilines is 1. The molecule has 0 atom stereocenters. The van der Waals surface area contributed by atoms with Crippen molar-refractivity contribution in [3.05, 3.63) is 34.6 Å². The molecule has 6 heteroatoms. The third-order valence-corrected chi connectivity index (χ3v) is 7.54. The van der Waals surface area contributed by atoms with Crippen LogP contribution in [-0.2, 0) is 4.74 Å². The van der Waals surface area contributed by atoms with Gasteiger partial charge >= 0.3 is 0 Å². The molecule has 1 aromatic carbocycles. The van der Waals surface area contributed by atoms with E-state index >= 15 is 0 Å². The Hall–Kier alpha value is -1.92. The molecule has 6 nitrogen and oxygen atoms in total. The van der Waals surface area contributed by atoms with E-state index in [2.05, 4.69) is 20.4 Å². The van der Waals surface area contributed by atoms with E-state index in [0.29, 0.717) is 19.0 Å². The van der Waals surface area contributed by atoms with Gasteiger partial charge in [-0.2, -0.15) is 0 Å². The van der Waals surface area contributed by atoms with Crippen molar-refractivity contribution in [2.75, 3.05) is 44.3 Å². The summed E-state index contributed by atoms with van der Waals surface area (Å²) >= 11 is 0. The van der Waals surface area contributed by atoms with Crippen LogP contribution in [0.4, 0.5) is 5.82 Å². The summed E-state index contributed by atoms with van der Waals surface area (Å²) in [6.07, 6.45) is 11.8. The number of hydrogen-bond acceptors (Lipinski definition) is 5. The zero-order chi connectivity index (χ0) is 23.0. The predicted molar refractivity (Wildman–Crippen MR) is 136 cm³/mol. The van der Waals surface area contributed by atoms with Gasteiger partial charge in [-0.15, -0.1) is 0 Å². The molecule has 0 radical (unpaired) electrons. The lowest BCUT2D eigenvalue weighted by Crippen LogP contribution is -2.45. The summed E-state index contributed by atoms with van der Waals surface area (Å²) in [5.74, 6) is 0.601. The largest absolute Gasteiger partial charge is 0.378 e. The highest BCUT2D eigenvalue weighted by molar-refractivity contribution is 5.76.